The summed E-state index contributed by atoms with van der Waals surface area (Å²) in [5.74, 6) is 0. The van der Waals surface area contributed by atoms with E-state index < -0.39 is 0 Å². The van der Waals surface area contributed by atoms with Crippen molar-refractivity contribution in [2.45, 2.75) is 46.6 Å². The molecule has 1 rings (SSSR count). The predicted molar refractivity (Wildman–Crippen MR) is 117 cm³/mol. The van der Waals surface area contributed by atoms with Crippen LogP contribution in [-0.4, -0.2) is 19.3 Å². The Bertz CT molecular complexity index is 654. The molecule has 1 N–H and O–H groups in total. The summed E-state index contributed by atoms with van der Waals surface area (Å²) in [5.41, 5.74) is 4.01. The number of ether oxygens (including phenoxy) is 1. The number of allylic oxidation sites excluding steroid dienone is 3. The molecule has 0 atom stereocenters. The Morgan fingerprint density at radius 2 is 1.62 bits per heavy atom. The van der Waals surface area contributed by atoms with Gasteiger partial charge in [0.2, 0.25) is 0 Å². The van der Waals surface area contributed by atoms with Gasteiger partial charge in [0.05, 0.1) is 5.60 Å². The first-order valence-electron chi connectivity index (χ1n) is 9.20. The minimum Gasteiger partial charge on any atom is -0.388 e. The van der Waals surface area contributed by atoms with Gasteiger partial charge in [0.15, 0.2) is 0 Å². The van der Waals surface area contributed by atoms with Crippen molar-refractivity contribution in [1.82, 2.24) is 0 Å². The van der Waals surface area contributed by atoms with E-state index in [0.717, 1.165) is 35.4 Å². The maximum atomic E-state index is 6.05. The van der Waals surface area contributed by atoms with E-state index in [0.29, 0.717) is 0 Å². The highest BCUT2D eigenvalue weighted by Gasteiger charge is 2.21. The van der Waals surface area contributed by atoms with E-state index in [1.54, 1.807) is 0 Å². The Kier molecular flexibility index (Phi) is 8.10. The molecule has 0 saturated carbocycles. The van der Waals surface area contributed by atoms with Crippen molar-refractivity contribution in [1.29, 1.82) is 0 Å². The Hall–Kier alpha value is -2.06. The molecule has 0 unspecified atom stereocenters. The van der Waals surface area contributed by atoms with Crippen LogP contribution in [0.1, 0.15) is 46.6 Å². The third kappa shape index (κ3) is 8.35. The maximum absolute atomic E-state index is 6.05. The zero-order valence-corrected chi connectivity index (χ0v) is 17.4. The van der Waals surface area contributed by atoms with Gasteiger partial charge in [-0.3, -0.25) is 0 Å². The second-order valence-corrected chi connectivity index (χ2v) is 8.31. The summed E-state index contributed by atoms with van der Waals surface area (Å²) in [6, 6.07) is 8.25. The molecule has 0 aliphatic rings. The van der Waals surface area contributed by atoms with Crippen molar-refractivity contribution in [3.8, 4) is 0 Å². The average molecular weight is 354 g/mol. The fourth-order valence-electron chi connectivity index (χ4n) is 2.13. The van der Waals surface area contributed by atoms with Gasteiger partial charge >= 0.3 is 0 Å². The Balaban J connectivity index is 2.56. The molecular formula is C24H35NO. The van der Waals surface area contributed by atoms with Crippen LogP contribution < -0.4 is 5.32 Å². The second kappa shape index (κ2) is 9.59. The van der Waals surface area contributed by atoms with Gasteiger partial charge in [0.1, 0.15) is 0 Å². The molecule has 0 saturated heterocycles. The number of hydrogen-bond acceptors (Lipinski definition) is 2. The standard InChI is InChI=1S/C24H35NO/c1-19(10-12-21-13-15-22(25-8)16-14-21)9-11-20(2)24(6,7)26-18-17-23(3,4)5/h9-16,25H,1-2,17-18H2,3-8H3/b11-9-,12-10+. The van der Waals surface area contributed by atoms with E-state index in [4.69, 9.17) is 4.74 Å². The summed E-state index contributed by atoms with van der Waals surface area (Å²) in [5, 5.41) is 3.11. The molecule has 0 aliphatic heterocycles. The number of anilines is 1. The lowest BCUT2D eigenvalue weighted by atomic mass is 9.92. The molecule has 1 aromatic rings. The van der Waals surface area contributed by atoms with Crippen LogP contribution in [0.4, 0.5) is 5.69 Å². The van der Waals surface area contributed by atoms with Crippen molar-refractivity contribution in [2.75, 3.05) is 19.0 Å². The molecule has 0 bridgehead atoms. The number of hydrogen-bond donors (Lipinski definition) is 1. The minimum absolute atomic E-state index is 0.276. The van der Waals surface area contributed by atoms with Gasteiger partial charge in [-0.25, -0.2) is 0 Å². The van der Waals surface area contributed by atoms with Gasteiger partial charge in [-0.2, -0.15) is 0 Å². The first kappa shape index (κ1) is 22.0. The molecular weight excluding hydrogens is 318 g/mol. The molecule has 142 valence electrons. The molecule has 0 aliphatic carbocycles. The Morgan fingerprint density at radius 1 is 1.00 bits per heavy atom. The third-order valence-corrected chi connectivity index (χ3v) is 4.28. The summed E-state index contributed by atoms with van der Waals surface area (Å²) < 4.78 is 6.05. The molecule has 0 fully saturated rings. The highest BCUT2D eigenvalue weighted by molar-refractivity contribution is 5.57. The lowest BCUT2D eigenvalue weighted by molar-refractivity contribution is 0.00126. The normalized spacial score (nSPS) is 12.7. The van der Waals surface area contributed by atoms with Crippen molar-refractivity contribution < 1.29 is 4.74 Å². The van der Waals surface area contributed by atoms with Gasteiger partial charge < -0.3 is 10.1 Å². The third-order valence-electron chi connectivity index (χ3n) is 4.28. The smallest absolute Gasteiger partial charge is 0.0869 e. The van der Waals surface area contributed by atoms with Crippen LogP contribution in [0.15, 0.2) is 66.8 Å². The summed E-state index contributed by atoms with van der Waals surface area (Å²) in [6.07, 6.45) is 9.06. The Morgan fingerprint density at radius 3 is 2.15 bits per heavy atom. The molecule has 0 heterocycles. The zero-order chi connectivity index (χ0) is 19.8. The summed E-state index contributed by atoms with van der Waals surface area (Å²) >= 11 is 0. The first-order chi connectivity index (χ1) is 12.0. The zero-order valence-electron chi connectivity index (χ0n) is 17.4. The van der Waals surface area contributed by atoms with Gasteiger partial charge in [-0.05, 0) is 54.5 Å². The number of nitrogens with one attached hydrogen (secondary N) is 1. The number of benzene rings is 1. The van der Waals surface area contributed by atoms with Gasteiger partial charge in [-0.15, -0.1) is 0 Å². The largest absolute Gasteiger partial charge is 0.388 e. The van der Waals surface area contributed by atoms with Crippen LogP contribution in [-0.2, 0) is 4.74 Å². The molecule has 0 amide bonds. The topological polar surface area (TPSA) is 21.3 Å². The Labute approximate surface area is 160 Å². The van der Waals surface area contributed by atoms with E-state index in [2.05, 4.69) is 83.4 Å². The van der Waals surface area contributed by atoms with E-state index in [-0.39, 0.29) is 11.0 Å². The predicted octanol–water partition coefficient (Wildman–Crippen LogP) is 6.64. The van der Waals surface area contributed by atoms with Crippen molar-refractivity contribution >= 4 is 11.8 Å². The second-order valence-electron chi connectivity index (χ2n) is 8.31. The molecule has 0 radical (unpaired) electrons. The van der Waals surface area contributed by atoms with Gasteiger partial charge in [-0.1, -0.05) is 70.4 Å². The molecule has 1 aromatic carbocycles. The van der Waals surface area contributed by atoms with E-state index in [1.807, 2.05) is 25.3 Å². The van der Waals surface area contributed by atoms with Crippen LogP contribution in [0.3, 0.4) is 0 Å². The van der Waals surface area contributed by atoms with Crippen LogP contribution in [0.2, 0.25) is 0 Å². The summed E-state index contributed by atoms with van der Waals surface area (Å²) in [4.78, 5) is 0. The van der Waals surface area contributed by atoms with Crippen LogP contribution in [0.5, 0.6) is 0 Å². The quantitative estimate of drug-likeness (QED) is 0.502. The molecule has 2 heteroatoms. The fraction of sp³-hybridized carbons (Fsp3) is 0.417. The molecule has 0 spiro atoms. The fourth-order valence-corrected chi connectivity index (χ4v) is 2.13. The lowest BCUT2D eigenvalue weighted by Crippen LogP contribution is -2.27. The lowest BCUT2D eigenvalue weighted by Gasteiger charge is -2.28. The van der Waals surface area contributed by atoms with E-state index in [9.17, 15) is 0 Å². The van der Waals surface area contributed by atoms with E-state index >= 15 is 0 Å². The van der Waals surface area contributed by atoms with Gasteiger partial charge in [0, 0.05) is 19.3 Å². The van der Waals surface area contributed by atoms with Crippen molar-refractivity contribution in [3.05, 3.63) is 72.4 Å². The van der Waals surface area contributed by atoms with Crippen molar-refractivity contribution in [2.24, 2.45) is 5.41 Å². The molecule has 26 heavy (non-hydrogen) atoms. The summed E-state index contributed by atoms with van der Waals surface area (Å²) in [6.45, 7) is 19.8. The minimum atomic E-state index is -0.380. The molecule has 0 aromatic heterocycles. The monoisotopic (exact) mass is 353 g/mol. The summed E-state index contributed by atoms with van der Waals surface area (Å²) in [7, 11) is 1.92. The highest BCUT2D eigenvalue weighted by atomic mass is 16.5. The van der Waals surface area contributed by atoms with Gasteiger partial charge in [0.25, 0.3) is 0 Å². The first-order valence-corrected chi connectivity index (χ1v) is 9.20. The number of rotatable bonds is 9. The van der Waals surface area contributed by atoms with Crippen LogP contribution >= 0.6 is 0 Å². The maximum Gasteiger partial charge on any atom is 0.0869 e. The van der Waals surface area contributed by atoms with Crippen LogP contribution in [0.25, 0.3) is 6.08 Å². The van der Waals surface area contributed by atoms with Crippen LogP contribution in [0, 0.1) is 5.41 Å². The van der Waals surface area contributed by atoms with E-state index in [1.165, 1.54) is 0 Å². The highest BCUT2D eigenvalue weighted by Crippen LogP contribution is 2.24. The van der Waals surface area contributed by atoms with Crippen molar-refractivity contribution in [3.63, 3.8) is 0 Å². The SMILES string of the molecule is C=C(/C=C\C(=C)C(C)(C)OCCC(C)(C)C)/C=C/c1ccc(NC)cc1. The molecule has 2 nitrogen and oxygen atoms in total. The average Bonchev–Trinajstić information content (AvgIpc) is 2.56.